The predicted molar refractivity (Wildman–Crippen MR) is 121 cm³/mol. The lowest BCUT2D eigenvalue weighted by Crippen LogP contribution is -2.53. The summed E-state index contributed by atoms with van der Waals surface area (Å²) in [6, 6.07) is -0.675. The third-order valence-corrected chi connectivity index (χ3v) is 7.47. The molecule has 1 aliphatic carbocycles. The monoisotopic (exact) mass is 476 g/mol. The van der Waals surface area contributed by atoms with Gasteiger partial charge in [0, 0.05) is 42.5 Å². The van der Waals surface area contributed by atoms with E-state index in [0.717, 1.165) is 57.7 Å². The Morgan fingerprint density at radius 1 is 1.22 bits per heavy atom. The van der Waals surface area contributed by atoms with Crippen molar-refractivity contribution in [1.29, 1.82) is 0 Å². The number of rotatable bonds is 7. The Hall–Kier alpha value is -1.09. The van der Waals surface area contributed by atoms with E-state index in [0.29, 0.717) is 13.0 Å². The van der Waals surface area contributed by atoms with E-state index in [1.165, 1.54) is 6.42 Å². The van der Waals surface area contributed by atoms with Crippen LogP contribution in [-0.4, -0.2) is 65.3 Å². The molecule has 2 N–H and O–H groups in total. The molecule has 2 heterocycles. The number of hydrogen-bond acceptors (Lipinski definition) is 4. The fourth-order valence-corrected chi connectivity index (χ4v) is 5.48. The van der Waals surface area contributed by atoms with Gasteiger partial charge in [-0.05, 0) is 32.1 Å². The van der Waals surface area contributed by atoms with E-state index in [2.05, 4.69) is 22.2 Å². The van der Waals surface area contributed by atoms with Gasteiger partial charge in [0.15, 0.2) is 0 Å². The number of halogens is 4. The Balaban J connectivity index is 1.75. The van der Waals surface area contributed by atoms with Crippen molar-refractivity contribution in [2.24, 2.45) is 5.92 Å². The van der Waals surface area contributed by atoms with Gasteiger partial charge in [-0.15, -0.1) is 11.6 Å². The molecule has 0 aromatic carbocycles. The van der Waals surface area contributed by atoms with Crippen LogP contribution < -0.4 is 10.7 Å². The molecule has 9 heteroatoms. The second-order valence-corrected chi connectivity index (χ2v) is 9.77. The topological polar surface area (TPSA) is 47.6 Å². The number of allylic oxidation sites excluding steroid dienone is 2. The van der Waals surface area contributed by atoms with Gasteiger partial charge in [0.2, 0.25) is 0 Å². The first-order valence-corrected chi connectivity index (χ1v) is 12.3. The molecule has 5 unspecified atom stereocenters. The number of hydrogen-bond donors (Lipinski definition) is 2. The second kappa shape index (κ2) is 11.4. The first-order chi connectivity index (χ1) is 15.2. The molecule has 0 bridgehead atoms. The highest BCUT2D eigenvalue weighted by Gasteiger charge is 2.44. The van der Waals surface area contributed by atoms with Crippen LogP contribution in [0.3, 0.4) is 0 Å². The highest BCUT2D eigenvalue weighted by molar-refractivity contribution is 6.20. The van der Waals surface area contributed by atoms with Crippen LogP contribution in [0.1, 0.15) is 58.3 Å². The fraction of sp³-hybridized carbons (Fsp3) is 0.783. The Bertz CT molecular complexity index is 681. The number of alkyl halides is 4. The van der Waals surface area contributed by atoms with Crippen molar-refractivity contribution >= 4 is 17.5 Å². The largest absolute Gasteiger partial charge is 0.415 e. The van der Waals surface area contributed by atoms with Crippen molar-refractivity contribution < 1.29 is 18.0 Å². The zero-order valence-corrected chi connectivity index (χ0v) is 19.6. The molecule has 5 nitrogen and oxygen atoms in total. The Kier molecular flexibility index (Phi) is 9.06. The summed E-state index contributed by atoms with van der Waals surface area (Å²) in [7, 11) is 0. The van der Waals surface area contributed by atoms with Gasteiger partial charge in [-0.2, -0.15) is 13.2 Å². The van der Waals surface area contributed by atoms with E-state index in [1.54, 1.807) is 6.08 Å². The molecule has 1 amide bonds. The maximum atomic E-state index is 13.0. The van der Waals surface area contributed by atoms with Crippen molar-refractivity contribution in [3.05, 3.63) is 24.3 Å². The van der Waals surface area contributed by atoms with Crippen molar-refractivity contribution in [3.63, 3.8) is 0 Å². The van der Waals surface area contributed by atoms with Crippen LogP contribution in [0, 0.1) is 5.92 Å². The predicted octanol–water partition coefficient (Wildman–Crippen LogP) is 4.35. The highest BCUT2D eigenvalue weighted by Crippen LogP contribution is 2.35. The third kappa shape index (κ3) is 6.49. The van der Waals surface area contributed by atoms with Gasteiger partial charge in [0.1, 0.15) is 6.04 Å². The third-order valence-electron chi connectivity index (χ3n) is 6.93. The maximum Gasteiger partial charge on any atom is 0.415 e. The lowest BCUT2D eigenvalue weighted by atomic mass is 9.85. The highest BCUT2D eigenvalue weighted by atomic mass is 35.5. The van der Waals surface area contributed by atoms with E-state index in [-0.39, 0.29) is 29.4 Å². The van der Waals surface area contributed by atoms with E-state index in [1.807, 2.05) is 11.9 Å². The molecule has 0 spiro atoms. The number of nitrogens with zero attached hydrogens (tertiary/aromatic N) is 2. The summed E-state index contributed by atoms with van der Waals surface area (Å²) in [6.45, 7) is 7.22. The summed E-state index contributed by atoms with van der Waals surface area (Å²) in [5, 5.41) is 5.45. The molecule has 1 saturated carbocycles. The quantitative estimate of drug-likeness (QED) is 0.423. The molecule has 2 aliphatic heterocycles. The van der Waals surface area contributed by atoms with Crippen LogP contribution in [0.4, 0.5) is 13.2 Å². The molecular formula is C23H36ClF3N4O. The van der Waals surface area contributed by atoms with Crippen LogP contribution in [-0.2, 0) is 4.79 Å². The summed E-state index contributed by atoms with van der Waals surface area (Å²) in [4.78, 5) is 15.2. The normalized spacial score (nSPS) is 31.7. The number of amides is 1. The number of piperidine rings is 1. The summed E-state index contributed by atoms with van der Waals surface area (Å²) < 4.78 is 38.8. The smallest absolute Gasteiger partial charge is 0.289 e. The van der Waals surface area contributed by atoms with Crippen LogP contribution in [0.25, 0.3) is 0 Å². The van der Waals surface area contributed by atoms with Gasteiger partial charge in [-0.3, -0.25) is 20.4 Å². The summed E-state index contributed by atoms with van der Waals surface area (Å²) in [5.41, 5.74) is 2.17. The number of nitrogens with one attached hydrogen (secondary N) is 2. The molecule has 0 aromatic heterocycles. The zero-order chi connectivity index (χ0) is 23.3. The Morgan fingerprint density at radius 2 is 1.91 bits per heavy atom. The average Bonchev–Trinajstić information content (AvgIpc) is 3.19. The van der Waals surface area contributed by atoms with Gasteiger partial charge < -0.3 is 0 Å². The van der Waals surface area contributed by atoms with E-state index >= 15 is 0 Å². The molecule has 3 fully saturated rings. The lowest BCUT2D eigenvalue weighted by Gasteiger charge is -2.39. The second-order valence-electron chi connectivity index (χ2n) is 9.21. The first-order valence-electron chi connectivity index (χ1n) is 11.9. The molecule has 182 valence electrons. The Morgan fingerprint density at radius 3 is 2.53 bits per heavy atom. The zero-order valence-electron chi connectivity index (χ0n) is 18.8. The van der Waals surface area contributed by atoms with Crippen molar-refractivity contribution in [2.45, 2.75) is 88.1 Å². The molecule has 0 radical (unpaired) electrons. The van der Waals surface area contributed by atoms with Crippen LogP contribution >= 0.6 is 11.6 Å². The minimum absolute atomic E-state index is 0.0146. The standard InChI is InChI=1S/C23H36ClF3N4O/c1-3-17(12-11-16(2)23(25,26)27)31-15-20(22(32)29-30-13-7-4-8-14-30)28-21(31)18-9-5-6-10-19(18)24/h11-12,17-21,28H,2-10,13-15H2,1H3,(H,29,32)/b12-11-. The minimum Gasteiger partial charge on any atom is -0.289 e. The lowest BCUT2D eigenvalue weighted by molar-refractivity contribution is -0.128. The molecular weight excluding hydrogens is 441 g/mol. The van der Waals surface area contributed by atoms with Gasteiger partial charge in [-0.1, -0.05) is 44.9 Å². The van der Waals surface area contributed by atoms with Gasteiger partial charge in [0.25, 0.3) is 5.91 Å². The van der Waals surface area contributed by atoms with E-state index in [9.17, 15) is 18.0 Å². The first kappa shape index (κ1) is 25.5. The number of hydrazine groups is 1. The van der Waals surface area contributed by atoms with E-state index < -0.39 is 17.8 Å². The van der Waals surface area contributed by atoms with Crippen LogP contribution in [0.5, 0.6) is 0 Å². The summed E-state index contributed by atoms with van der Waals surface area (Å²) in [5.74, 6) is 0.0614. The van der Waals surface area contributed by atoms with Gasteiger partial charge in [-0.25, -0.2) is 5.01 Å². The van der Waals surface area contributed by atoms with Crippen molar-refractivity contribution in [3.8, 4) is 0 Å². The minimum atomic E-state index is -4.45. The average molecular weight is 477 g/mol. The summed E-state index contributed by atoms with van der Waals surface area (Å²) >= 11 is 6.69. The Labute approximate surface area is 194 Å². The SMILES string of the molecule is C=C(/C=C\C(CC)N1CC(C(=O)NN2CCCCC2)NC1C1CCCCC1Cl)C(F)(F)F. The molecule has 3 aliphatic rings. The van der Waals surface area contributed by atoms with Crippen molar-refractivity contribution in [1.82, 2.24) is 20.7 Å². The summed E-state index contributed by atoms with van der Waals surface area (Å²) in [6.07, 6.45) is 5.98. The fourth-order valence-electron chi connectivity index (χ4n) is 5.06. The van der Waals surface area contributed by atoms with Gasteiger partial charge in [0.05, 0.1) is 6.17 Å². The number of carbonyl (C=O) groups is 1. The van der Waals surface area contributed by atoms with Crippen LogP contribution in [0.15, 0.2) is 24.3 Å². The van der Waals surface area contributed by atoms with E-state index in [4.69, 9.17) is 11.6 Å². The molecule has 3 rings (SSSR count). The van der Waals surface area contributed by atoms with Gasteiger partial charge >= 0.3 is 6.18 Å². The van der Waals surface area contributed by atoms with Crippen molar-refractivity contribution in [2.75, 3.05) is 19.6 Å². The maximum absolute atomic E-state index is 13.0. The molecule has 32 heavy (non-hydrogen) atoms. The molecule has 5 atom stereocenters. The van der Waals surface area contributed by atoms with Crippen LogP contribution in [0.2, 0.25) is 0 Å². The molecule has 2 saturated heterocycles. The molecule has 0 aromatic rings. The number of carbonyl (C=O) groups excluding carboxylic acids is 1.